The Bertz CT molecular complexity index is 752. The predicted molar refractivity (Wildman–Crippen MR) is 103 cm³/mol. The fraction of sp³-hybridized carbons (Fsp3) is 0.312. The summed E-state index contributed by atoms with van der Waals surface area (Å²) in [5, 5.41) is 0.246. The lowest BCUT2D eigenvalue weighted by molar-refractivity contribution is -0.122. The Kier molecular flexibility index (Phi) is 6.69. The second-order valence-corrected chi connectivity index (χ2v) is 7.21. The van der Waals surface area contributed by atoms with E-state index < -0.39 is 5.91 Å². The van der Waals surface area contributed by atoms with Gasteiger partial charge in [-0.2, -0.15) is 0 Å². The van der Waals surface area contributed by atoms with E-state index in [0.29, 0.717) is 27.1 Å². The number of carbonyl (C=O) groups is 2. The minimum Gasteiger partial charge on any atom is -0.493 e. The Morgan fingerprint density at radius 1 is 1.48 bits per heavy atom. The molecule has 2 N–H and O–H groups in total. The number of carbonyl (C=O) groups excluding carboxylic acids is 2. The standard InChI is InChI=1S/C16H17ClN2O4S2/c1-3-4-19-15(21)12(25-16(19)24)7-9-5-10(17)14(11(6-9)22-2)23-8-13(18)20/h5-7H,3-4,8H2,1-2H3,(H2,18,20). The predicted octanol–water partition coefficient (Wildman–Crippen LogP) is 2.82. The molecule has 0 spiro atoms. The van der Waals surface area contributed by atoms with Crippen LogP contribution in [-0.2, 0) is 9.59 Å². The number of hydrogen-bond acceptors (Lipinski definition) is 6. The second-order valence-electron chi connectivity index (χ2n) is 5.12. The number of nitrogens with zero attached hydrogens (tertiary/aromatic N) is 1. The van der Waals surface area contributed by atoms with Crippen molar-refractivity contribution in [3.63, 3.8) is 0 Å². The molecule has 2 amide bonds. The van der Waals surface area contributed by atoms with Crippen LogP contribution in [0.25, 0.3) is 6.08 Å². The fourth-order valence-electron chi connectivity index (χ4n) is 2.17. The van der Waals surface area contributed by atoms with Crippen LogP contribution in [0.2, 0.25) is 5.02 Å². The lowest BCUT2D eigenvalue weighted by atomic mass is 10.1. The summed E-state index contributed by atoms with van der Waals surface area (Å²) in [6.45, 7) is 2.26. The molecule has 2 rings (SSSR count). The summed E-state index contributed by atoms with van der Waals surface area (Å²) in [7, 11) is 1.45. The van der Waals surface area contributed by atoms with Gasteiger partial charge in [-0.25, -0.2) is 0 Å². The third kappa shape index (κ3) is 4.65. The number of methoxy groups -OCH3 is 1. The van der Waals surface area contributed by atoms with Gasteiger partial charge in [0.2, 0.25) is 0 Å². The smallest absolute Gasteiger partial charge is 0.266 e. The van der Waals surface area contributed by atoms with Crippen LogP contribution in [0.1, 0.15) is 18.9 Å². The van der Waals surface area contributed by atoms with E-state index in [1.54, 1.807) is 23.1 Å². The van der Waals surface area contributed by atoms with E-state index in [0.717, 1.165) is 6.42 Å². The highest BCUT2D eigenvalue weighted by molar-refractivity contribution is 8.26. The molecule has 1 aromatic rings. The minimum atomic E-state index is -0.623. The zero-order valence-electron chi connectivity index (χ0n) is 13.7. The fourth-order valence-corrected chi connectivity index (χ4v) is 3.76. The average Bonchev–Trinajstić information content (AvgIpc) is 2.81. The van der Waals surface area contributed by atoms with Gasteiger partial charge in [-0.15, -0.1) is 0 Å². The number of thiocarbonyl (C=S) groups is 1. The molecule has 0 unspecified atom stereocenters. The van der Waals surface area contributed by atoms with Gasteiger partial charge in [-0.05, 0) is 30.2 Å². The lowest BCUT2D eigenvalue weighted by Crippen LogP contribution is -2.28. The quantitative estimate of drug-likeness (QED) is 0.559. The van der Waals surface area contributed by atoms with E-state index >= 15 is 0 Å². The molecule has 1 fully saturated rings. The van der Waals surface area contributed by atoms with E-state index in [1.165, 1.54) is 18.9 Å². The number of hydrogen-bond donors (Lipinski definition) is 1. The molecule has 0 bridgehead atoms. The molecule has 6 nitrogen and oxygen atoms in total. The molecule has 134 valence electrons. The van der Waals surface area contributed by atoms with Crippen molar-refractivity contribution in [2.24, 2.45) is 5.73 Å². The molecule has 1 aromatic carbocycles. The maximum atomic E-state index is 12.4. The molecule has 1 saturated heterocycles. The molecule has 0 atom stereocenters. The Balaban J connectivity index is 2.31. The van der Waals surface area contributed by atoms with Gasteiger partial charge >= 0.3 is 0 Å². The van der Waals surface area contributed by atoms with E-state index in [-0.39, 0.29) is 23.3 Å². The SMILES string of the molecule is CCCN1C(=O)C(=Cc2cc(Cl)c(OCC(N)=O)c(OC)c2)SC1=S. The minimum absolute atomic E-state index is 0.124. The first-order valence-corrected chi connectivity index (χ1v) is 9.01. The van der Waals surface area contributed by atoms with E-state index in [9.17, 15) is 9.59 Å². The van der Waals surface area contributed by atoms with Gasteiger partial charge in [-0.3, -0.25) is 14.5 Å². The Labute approximate surface area is 160 Å². The molecule has 9 heteroatoms. The van der Waals surface area contributed by atoms with Gasteiger partial charge in [0.15, 0.2) is 18.1 Å². The monoisotopic (exact) mass is 400 g/mol. The van der Waals surface area contributed by atoms with Crippen molar-refractivity contribution in [2.75, 3.05) is 20.3 Å². The zero-order valence-corrected chi connectivity index (χ0v) is 16.1. The number of amides is 2. The zero-order chi connectivity index (χ0) is 18.6. The summed E-state index contributed by atoms with van der Waals surface area (Å²) in [4.78, 5) is 25.4. The van der Waals surface area contributed by atoms with Crippen LogP contribution in [-0.4, -0.2) is 41.3 Å². The number of ether oxygens (including phenoxy) is 2. The summed E-state index contributed by atoms with van der Waals surface area (Å²) >= 11 is 12.7. The number of nitrogens with two attached hydrogens (primary N) is 1. The highest BCUT2D eigenvalue weighted by Gasteiger charge is 2.31. The maximum absolute atomic E-state index is 12.4. The summed E-state index contributed by atoms with van der Waals surface area (Å²) in [6.07, 6.45) is 2.52. The average molecular weight is 401 g/mol. The topological polar surface area (TPSA) is 81.9 Å². The Morgan fingerprint density at radius 2 is 2.20 bits per heavy atom. The third-order valence-corrected chi connectivity index (χ3v) is 4.89. The first-order valence-electron chi connectivity index (χ1n) is 7.41. The highest BCUT2D eigenvalue weighted by Crippen LogP contribution is 2.39. The Hall–Kier alpha value is -1.77. The molecule has 1 aliphatic rings. The van der Waals surface area contributed by atoms with Crippen LogP contribution < -0.4 is 15.2 Å². The second kappa shape index (κ2) is 8.55. The molecular weight excluding hydrogens is 384 g/mol. The van der Waals surface area contributed by atoms with Crippen molar-refractivity contribution in [2.45, 2.75) is 13.3 Å². The van der Waals surface area contributed by atoms with Gasteiger partial charge < -0.3 is 15.2 Å². The molecule has 25 heavy (non-hydrogen) atoms. The maximum Gasteiger partial charge on any atom is 0.266 e. The molecule has 1 heterocycles. The summed E-state index contributed by atoms with van der Waals surface area (Å²) in [5.74, 6) is -0.189. The summed E-state index contributed by atoms with van der Waals surface area (Å²) < 4.78 is 11.1. The van der Waals surface area contributed by atoms with Gasteiger partial charge in [0.25, 0.3) is 11.8 Å². The largest absolute Gasteiger partial charge is 0.493 e. The molecular formula is C16H17ClN2O4S2. The van der Waals surface area contributed by atoms with Gasteiger partial charge in [0, 0.05) is 6.54 Å². The van der Waals surface area contributed by atoms with Crippen molar-refractivity contribution in [1.82, 2.24) is 4.90 Å². The van der Waals surface area contributed by atoms with Crippen molar-refractivity contribution in [3.05, 3.63) is 27.6 Å². The van der Waals surface area contributed by atoms with Crippen LogP contribution in [0.3, 0.4) is 0 Å². The van der Waals surface area contributed by atoms with Crippen molar-refractivity contribution >= 4 is 57.8 Å². The van der Waals surface area contributed by atoms with Crippen LogP contribution >= 0.6 is 35.6 Å². The summed E-state index contributed by atoms with van der Waals surface area (Å²) in [5.41, 5.74) is 5.73. The number of primary amides is 1. The van der Waals surface area contributed by atoms with E-state index in [4.69, 9.17) is 39.0 Å². The van der Waals surface area contributed by atoms with Crippen molar-refractivity contribution in [3.8, 4) is 11.5 Å². The highest BCUT2D eigenvalue weighted by atomic mass is 35.5. The van der Waals surface area contributed by atoms with Gasteiger partial charge in [0.1, 0.15) is 4.32 Å². The van der Waals surface area contributed by atoms with Gasteiger partial charge in [-0.1, -0.05) is 42.5 Å². The summed E-state index contributed by atoms with van der Waals surface area (Å²) in [6, 6.07) is 3.28. The number of thioether (sulfide) groups is 1. The number of benzene rings is 1. The molecule has 0 saturated carbocycles. The van der Waals surface area contributed by atoms with Gasteiger partial charge in [0.05, 0.1) is 17.0 Å². The van der Waals surface area contributed by atoms with E-state index in [2.05, 4.69) is 0 Å². The first-order chi connectivity index (χ1) is 11.9. The van der Waals surface area contributed by atoms with E-state index in [1.807, 2.05) is 6.92 Å². The molecule has 0 radical (unpaired) electrons. The molecule has 1 aliphatic heterocycles. The van der Waals surface area contributed by atoms with Crippen LogP contribution in [0, 0.1) is 0 Å². The normalized spacial score (nSPS) is 15.8. The Morgan fingerprint density at radius 3 is 2.80 bits per heavy atom. The van der Waals surface area contributed by atoms with Crippen LogP contribution in [0.5, 0.6) is 11.5 Å². The molecule has 0 aliphatic carbocycles. The lowest BCUT2D eigenvalue weighted by Gasteiger charge is -2.13. The third-order valence-electron chi connectivity index (χ3n) is 3.23. The first kappa shape index (κ1) is 19.6. The number of halogens is 1. The number of rotatable bonds is 7. The molecule has 0 aromatic heterocycles. The van der Waals surface area contributed by atoms with Crippen molar-refractivity contribution < 1.29 is 19.1 Å². The van der Waals surface area contributed by atoms with Crippen LogP contribution in [0.4, 0.5) is 0 Å². The van der Waals surface area contributed by atoms with Crippen molar-refractivity contribution in [1.29, 1.82) is 0 Å². The van der Waals surface area contributed by atoms with Crippen LogP contribution in [0.15, 0.2) is 17.0 Å².